The molecule has 1 aliphatic rings. The number of aromatic nitrogens is 1. The Morgan fingerprint density at radius 3 is 2.29 bits per heavy atom. The highest BCUT2D eigenvalue weighted by Gasteiger charge is 2.32. The first-order valence-corrected chi connectivity index (χ1v) is 11.1. The van der Waals surface area contributed by atoms with Crippen LogP contribution in [-0.2, 0) is 6.54 Å². The summed E-state index contributed by atoms with van der Waals surface area (Å²) in [5, 5.41) is 2.10. The van der Waals surface area contributed by atoms with Gasteiger partial charge in [0.1, 0.15) is 0 Å². The molecule has 3 nitrogen and oxygen atoms in total. The number of benzene rings is 3. The van der Waals surface area contributed by atoms with Gasteiger partial charge in [-0.25, -0.2) is 0 Å². The molecule has 0 aliphatic heterocycles. The lowest BCUT2D eigenvalue weighted by atomic mass is 10.1. The SMILES string of the molecule is O=C1C(=Cc2cn(Cc3ccc(Cl)cc3Cl)c3ccc(Br)cc23)C(=O)c2ccccc21. The molecule has 31 heavy (non-hydrogen) atoms. The number of carbonyl (C=O) groups excluding carboxylic acids is 2. The van der Waals surface area contributed by atoms with Crippen LogP contribution in [0.15, 0.2) is 76.9 Å². The zero-order valence-electron chi connectivity index (χ0n) is 16.0. The molecule has 1 aliphatic carbocycles. The molecule has 3 aromatic carbocycles. The molecule has 0 atom stereocenters. The lowest BCUT2D eigenvalue weighted by Crippen LogP contribution is -2.00. The van der Waals surface area contributed by atoms with Gasteiger partial charge in [0.2, 0.25) is 0 Å². The van der Waals surface area contributed by atoms with Crippen LogP contribution in [-0.4, -0.2) is 16.1 Å². The van der Waals surface area contributed by atoms with Crippen LogP contribution in [0.4, 0.5) is 0 Å². The molecule has 0 fully saturated rings. The standard InChI is InChI=1S/C25H14BrCl2NO2/c26-16-6-8-23-20(10-16)15(13-29(23)12-14-5-7-17(27)11-22(14)28)9-21-24(30)18-3-1-2-4-19(18)25(21)31/h1-11,13H,12H2. The van der Waals surface area contributed by atoms with E-state index in [2.05, 4.69) is 20.5 Å². The predicted molar refractivity (Wildman–Crippen MR) is 128 cm³/mol. The second-order valence-electron chi connectivity index (χ2n) is 7.37. The van der Waals surface area contributed by atoms with E-state index in [0.29, 0.717) is 27.7 Å². The van der Waals surface area contributed by atoms with Gasteiger partial charge in [-0.2, -0.15) is 0 Å². The normalized spacial score (nSPS) is 13.2. The molecule has 4 aromatic rings. The molecule has 0 amide bonds. The molecule has 1 heterocycles. The fraction of sp³-hybridized carbons (Fsp3) is 0.0400. The third kappa shape index (κ3) is 3.55. The first kappa shape index (κ1) is 20.3. The van der Waals surface area contributed by atoms with Crippen molar-refractivity contribution in [2.24, 2.45) is 0 Å². The zero-order valence-corrected chi connectivity index (χ0v) is 19.1. The van der Waals surface area contributed by atoms with Crippen molar-refractivity contribution in [2.75, 3.05) is 0 Å². The van der Waals surface area contributed by atoms with E-state index in [4.69, 9.17) is 23.2 Å². The summed E-state index contributed by atoms with van der Waals surface area (Å²) in [7, 11) is 0. The molecule has 0 saturated carbocycles. The van der Waals surface area contributed by atoms with Gasteiger partial charge in [-0.15, -0.1) is 0 Å². The van der Waals surface area contributed by atoms with Crippen LogP contribution in [0.2, 0.25) is 10.0 Å². The average molecular weight is 511 g/mol. The summed E-state index contributed by atoms with van der Waals surface area (Å²) in [6.45, 7) is 0.527. The molecular formula is C25H14BrCl2NO2. The Morgan fingerprint density at radius 2 is 1.61 bits per heavy atom. The van der Waals surface area contributed by atoms with Crippen LogP contribution in [0, 0.1) is 0 Å². The number of halogens is 3. The molecule has 0 spiro atoms. The second kappa shape index (κ2) is 7.79. The Kier molecular flexibility index (Phi) is 5.09. The van der Waals surface area contributed by atoms with Crippen molar-refractivity contribution in [3.05, 3.63) is 109 Å². The van der Waals surface area contributed by atoms with Gasteiger partial charge in [0, 0.05) is 54.9 Å². The Labute approximate surface area is 197 Å². The number of fused-ring (bicyclic) bond motifs is 2. The number of nitrogens with zero attached hydrogens (tertiary/aromatic N) is 1. The highest BCUT2D eigenvalue weighted by atomic mass is 79.9. The summed E-state index contributed by atoms with van der Waals surface area (Å²) in [6.07, 6.45) is 3.64. The lowest BCUT2D eigenvalue weighted by molar-refractivity contribution is 0.0990. The van der Waals surface area contributed by atoms with Crippen LogP contribution in [0.3, 0.4) is 0 Å². The maximum absolute atomic E-state index is 12.9. The molecule has 6 heteroatoms. The molecule has 152 valence electrons. The Hall–Kier alpha value is -2.66. The Balaban J connectivity index is 1.63. The maximum Gasteiger partial charge on any atom is 0.197 e. The smallest absolute Gasteiger partial charge is 0.197 e. The molecule has 5 rings (SSSR count). The molecule has 0 N–H and O–H groups in total. The van der Waals surface area contributed by atoms with Crippen molar-refractivity contribution in [2.45, 2.75) is 6.54 Å². The van der Waals surface area contributed by atoms with Gasteiger partial charge in [-0.1, -0.05) is 69.5 Å². The van der Waals surface area contributed by atoms with Crippen molar-refractivity contribution in [1.29, 1.82) is 0 Å². The highest BCUT2D eigenvalue weighted by molar-refractivity contribution is 9.10. The van der Waals surface area contributed by atoms with Crippen LogP contribution < -0.4 is 0 Å². The quantitative estimate of drug-likeness (QED) is 0.215. The number of carbonyl (C=O) groups is 2. The van der Waals surface area contributed by atoms with Crippen molar-refractivity contribution in [3.8, 4) is 0 Å². The van der Waals surface area contributed by atoms with Crippen LogP contribution in [0.25, 0.3) is 17.0 Å². The Bertz CT molecular complexity index is 1400. The van der Waals surface area contributed by atoms with E-state index < -0.39 is 0 Å². The van der Waals surface area contributed by atoms with E-state index in [1.54, 1.807) is 42.5 Å². The van der Waals surface area contributed by atoms with Crippen LogP contribution in [0.1, 0.15) is 31.8 Å². The largest absolute Gasteiger partial charge is 0.342 e. The van der Waals surface area contributed by atoms with Gasteiger partial charge in [0.05, 0.1) is 5.57 Å². The van der Waals surface area contributed by atoms with Gasteiger partial charge < -0.3 is 4.57 Å². The fourth-order valence-corrected chi connectivity index (χ4v) is 4.76. The summed E-state index contributed by atoms with van der Waals surface area (Å²) in [6, 6.07) is 18.3. The topological polar surface area (TPSA) is 39.1 Å². The number of allylic oxidation sites excluding steroid dienone is 1. The summed E-state index contributed by atoms with van der Waals surface area (Å²) in [5.74, 6) is -0.477. The Morgan fingerprint density at radius 1 is 0.903 bits per heavy atom. The number of Topliss-reactive ketones (excluding diaryl/α,β-unsaturated/α-hetero) is 2. The molecule has 0 saturated heterocycles. The van der Waals surface area contributed by atoms with E-state index >= 15 is 0 Å². The third-order valence-corrected chi connectivity index (χ3v) is 6.52. The highest BCUT2D eigenvalue weighted by Crippen LogP contribution is 2.32. The van der Waals surface area contributed by atoms with Crippen molar-refractivity contribution < 1.29 is 9.59 Å². The number of rotatable bonds is 3. The van der Waals surface area contributed by atoms with Gasteiger partial charge in [0.15, 0.2) is 11.6 Å². The minimum absolute atomic E-state index is 0.185. The molecular weight excluding hydrogens is 497 g/mol. The summed E-state index contributed by atoms with van der Waals surface area (Å²) >= 11 is 15.9. The number of ketones is 2. The summed E-state index contributed by atoms with van der Waals surface area (Å²) in [4.78, 5) is 25.7. The van der Waals surface area contributed by atoms with Crippen molar-refractivity contribution in [1.82, 2.24) is 4.57 Å². The van der Waals surface area contributed by atoms with E-state index in [-0.39, 0.29) is 17.1 Å². The number of hydrogen-bond acceptors (Lipinski definition) is 2. The monoisotopic (exact) mass is 509 g/mol. The first-order valence-electron chi connectivity index (χ1n) is 9.55. The molecule has 0 radical (unpaired) electrons. The van der Waals surface area contributed by atoms with E-state index in [0.717, 1.165) is 26.5 Å². The van der Waals surface area contributed by atoms with Gasteiger partial charge in [0.25, 0.3) is 0 Å². The van der Waals surface area contributed by atoms with E-state index in [1.807, 2.05) is 30.5 Å². The summed E-state index contributed by atoms with van der Waals surface area (Å²) in [5.41, 5.74) is 3.78. The minimum Gasteiger partial charge on any atom is -0.342 e. The third-order valence-electron chi connectivity index (χ3n) is 5.44. The molecule has 0 unspecified atom stereocenters. The van der Waals surface area contributed by atoms with Gasteiger partial charge in [-0.3, -0.25) is 9.59 Å². The molecule has 0 bridgehead atoms. The van der Waals surface area contributed by atoms with Crippen LogP contribution in [0.5, 0.6) is 0 Å². The first-order chi connectivity index (χ1) is 14.9. The van der Waals surface area contributed by atoms with Crippen molar-refractivity contribution in [3.63, 3.8) is 0 Å². The van der Waals surface area contributed by atoms with E-state index in [9.17, 15) is 9.59 Å². The van der Waals surface area contributed by atoms with Crippen LogP contribution >= 0.6 is 39.1 Å². The summed E-state index contributed by atoms with van der Waals surface area (Å²) < 4.78 is 2.97. The average Bonchev–Trinajstić information content (AvgIpc) is 3.20. The fourth-order valence-electron chi connectivity index (χ4n) is 3.94. The second-order valence-corrected chi connectivity index (χ2v) is 9.13. The van der Waals surface area contributed by atoms with Crippen molar-refractivity contribution >= 4 is 67.7 Å². The zero-order chi connectivity index (χ0) is 21.7. The number of hydrogen-bond donors (Lipinski definition) is 0. The predicted octanol–water partition coefficient (Wildman–Crippen LogP) is 7.22. The maximum atomic E-state index is 12.9. The van der Waals surface area contributed by atoms with Gasteiger partial charge >= 0.3 is 0 Å². The lowest BCUT2D eigenvalue weighted by Gasteiger charge is -2.08. The minimum atomic E-state index is -0.239. The van der Waals surface area contributed by atoms with Gasteiger partial charge in [-0.05, 0) is 42.0 Å². The molecule has 1 aromatic heterocycles. The van der Waals surface area contributed by atoms with E-state index in [1.165, 1.54) is 0 Å².